The van der Waals surface area contributed by atoms with Gasteiger partial charge in [-0.1, -0.05) is 91.0 Å². The van der Waals surface area contributed by atoms with E-state index in [0.29, 0.717) is 0 Å². The maximum atomic E-state index is 4.61. The second kappa shape index (κ2) is 6.08. The van der Waals surface area contributed by atoms with Crippen LogP contribution in [0.2, 0.25) is 0 Å². The molecule has 0 bridgehead atoms. The van der Waals surface area contributed by atoms with Crippen LogP contribution in [0.1, 0.15) is 0 Å². The Morgan fingerprint density at radius 2 is 1.15 bits per heavy atom. The van der Waals surface area contributed by atoms with E-state index in [4.69, 9.17) is 0 Å². The molecule has 2 heteroatoms. The van der Waals surface area contributed by atoms with E-state index < -0.39 is 0 Å². The van der Waals surface area contributed by atoms with Crippen molar-refractivity contribution in [3.05, 3.63) is 97.1 Å². The van der Waals surface area contributed by atoms with Crippen LogP contribution in [-0.2, 0) is 0 Å². The summed E-state index contributed by atoms with van der Waals surface area (Å²) in [6, 6.07) is 33.4. The molecule has 2 nitrogen and oxygen atoms in total. The third-order valence-corrected chi connectivity index (χ3v) is 4.76. The highest BCUT2D eigenvalue weighted by Crippen LogP contribution is 2.38. The Hall–Kier alpha value is -3.52. The normalized spacial score (nSPS) is 11.1. The molecule has 0 aliphatic rings. The van der Waals surface area contributed by atoms with Crippen LogP contribution in [0.15, 0.2) is 97.1 Å². The van der Waals surface area contributed by atoms with Gasteiger partial charge in [0.15, 0.2) is 0 Å². The van der Waals surface area contributed by atoms with E-state index in [9.17, 15) is 0 Å². The van der Waals surface area contributed by atoms with E-state index in [-0.39, 0.29) is 0 Å². The lowest BCUT2D eigenvalue weighted by atomic mass is 9.93. The summed E-state index contributed by atoms with van der Waals surface area (Å²) in [6.45, 7) is 0. The highest BCUT2D eigenvalue weighted by molar-refractivity contribution is 6.15. The van der Waals surface area contributed by atoms with Gasteiger partial charge in [0.05, 0.1) is 5.52 Å². The molecule has 0 atom stereocenters. The van der Waals surface area contributed by atoms with Gasteiger partial charge in [-0.25, -0.2) is 0 Å². The maximum Gasteiger partial charge on any atom is 0.101 e. The van der Waals surface area contributed by atoms with Crippen molar-refractivity contribution in [1.82, 2.24) is 10.2 Å². The molecule has 26 heavy (non-hydrogen) atoms. The fourth-order valence-electron chi connectivity index (χ4n) is 3.56. The lowest BCUT2D eigenvalue weighted by Gasteiger charge is -2.14. The average molecular weight is 332 g/mol. The van der Waals surface area contributed by atoms with Gasteiger partial charge < -0.3 is 0 Å². The average Bonchev–Trinajstić information content (AvgIpc) is 2.74. The highest BCUT2D eigenvalue weighted by atomic mass is 15.1. The van der Waals surface area contributed by atoms with Crippen LogP contribution in [-0.4, -0.2) is 10.2 Å². The van der Waals surface area contributed by atoms with Crippen LogP contribution in [0.3, 0.4) is 0 Å². The van der Waals surface area contributed by atoms with Crippen LogP contribution in [0.4, 0.5) is 0 Å². The van der Waals surface area contributed by atoms with Gasteiger partial charge in [-0.15, -0.1) is 10.2 Å². The fourth-order valence-corrected chi connectivity index (χ4v) is 3.56. The third kappa shape index (κ3) is 2.35. The molecular formula is C24H16N2. The zero-order valence-corrected chi connectivity index (χ0v) is 14.1. The Labute approximate surface area is 151 Å². The van der Waals surface area contributed by atoms with Crippen LogP contribution in [0, 0.1) is 0 Å². The van der Waals surface area contributed by atoms with Gasteiger partial charge >= 0.3 is 0 Å². The number of hydrogen-bond acceptors (Lipinski definition) is 2. The predicted molar refractivity (Wildman–Crippen MR) is 108 cm³/mol. The standard InChI is InChI=1S/C24H16N2/c1-3-10-18(11-4-1)22-23-20-14-8-7-9-17(20)15-16-21(23)25-26-24(22)19-12-5-2-6-13-19/h1-16H. The van der Waals surface area contributed by atoms with Crippen LogP contribution in [0.25, 0.3) is 44.1 Å². The first-order valence-corrected chi connectivity index (χ1v) is 8.71. The molecule has 0 saturated carbocycles. The van der Waals surface area contributed by atoms with Crippen molar-refractivity contribution in [3.8, 4) is 22.4 Å². The lowest BCUT2D eigenvalue weighted by Crippen LogP contribution is -1.96. The van der Waals surface area contributed by atoms with Crippen molar-refractivity contribution in [3.63, 3.8) is 0 Å². The molecule has 0 unspecified atom stereocenters. The minimum atomic E-state index is 0.917. The van der Waals surface area contributed by atoms with Gasteiger partial charge in [-0.3, -0.25) is 0 Å². The predicted octanol–water partition coefficient (Wildman–Crippen LogP) is 6.12. The first-order valence-electron chi connectivity index (χ1n) is 8.71. The molecule has 0 radical (unpaired) electrons. The molecular weight excluding hydrogens is 316 g/mol. The third-order valence-electron chi connectivity index (χ3n) is 4.76. The van der Waals surface area contributed by atoms with Gasteiger partial charge in [0.1, 0.15) is 5.69 Å². The number of nitrogens with zero attached hydrogens (tertiary/aromatic N) is 2. The Morgan fingerprint density at radius 3 is 1.92 bits per heavy atom. The molecule has 0 amide bonds. The largest absolute Gasteiger partial charge is 0.150 e. The van der Waals surface area contributed by atoms with E-state index in [1.165, 1.54) is 10.8 Å². The van der Waals surface area contributed by atoms with Crippen LogP contribution in [0.5, 0.6) is 0 Å². The molecule has 0 aliphatic carbocycles. The van der Waals surface area contributed by atoms with Crippen molar-refractivity contribution >= 4 is 21.7 Å². The summed E-state index contributed by atoms with van der Waals surface area (Å²) in [5.41, 5.74) is 5.21. The molecule has 1 aromatic heterocycles. The Kier molecular flexibility index (Phi) is 3.46. The van der Waals surface area contributed by atoms with E-state index in [1.807, 2.05) is 24.3 Å². The number of aromatic nitrogens is 2. The molecule has 1 heterocycles. The van der Waals surface area contributed by atoms with Crippen LogP contribution < -0.4 is 0 Å². The smallest absolute Gasteiger partial charge is 0.101 e. The second-order valence-electron chi connectivity index (χ2n) is 6.34. The molecule has 0 fully saturated rings. The van der Waals surface area contributed by atoms with Crippen molar-refractivity contribution in [2.24, 2.45) is 0 Å². The highest BCUT2D eigenvalue weighted by Gasteiger charge is 2.16. The summed E-state index contributed by atoms with van der Waals surface area (Å²) < 4.78 is 0. The Bertz CT molecular complexity index is 1210. The van der Waals surface area contributed by atoms with Gasteiger partial charge in [0.2, 0.25) is 0 Å². The second-order valence-corrected chi connectivity index (χ2v) is 6.34. The van der Waals surface area contributed by atoms with Crippen LogP contribution >= 0.6 is 0 Å². The molecule has 0 saturated heterocycles. The van der Waals surface area contributed by atoms with Crippen molar-refractivity contribution in [2.75, 3.05) is 0 Å². The number of benzene rings is 4. The molecule has 5 aromatic rings. The summed E-state index contributed by atoms with van der Waals surface area (Å²) in [5, 5.41) is 12.7. The maximum absolute atomic E-state index is 4.61. The quantitative estimate of drug-likeness (QED) is 0.364. The summed E-state index contributed by atoms with van der Waals surface area (Å²) in [7, 11) is 0. The minimum absolute atomic E-state index is 0.917. The number of hydrogen-bond donors (Lipinski definition) is 0. The topological polar surface area (TPSA) is 25.8 Å². The summed E-state index contributed by atoms with van der Waals surface area (Å²) in [5.74, 6) is 0. The Morgan fingerprint density at radius 1 is 0.500 bits per heavy atom. The van der Waals surface area contributed by atoms with Gasteiger partial charge in [-0.2, -0.15) is 0 Å². The lowest BCUT2D eigenvalue weighted by molar-refractivity contribution is 1.09. The van der Waals surface area contributed by atoms with E-state index >= 15 is 0 Å². The van der Waals surface area contributed by atoms with Crippen molar-refractivity contribution in [1.29, 1.82) is 0 Å². The summed E-state index contributed by atoms with van der Waals surface area (Å²) in [4.78, 5) is 0. The zero-order valence-electron chi connectivity index (χ0n) is 14.1. The van der Waals surface area contributed by atoms with Crippen molar-refractivity contribution in [2.45, 2.75) is 0 Å². The first-order chi connectivity index (χ1) is 12.9. The molecule has 4 aromatic carbocycles. The molecule has 0 N–H and O–H groups in total. The first kappa shape index (κ1) is 14.8. The summed E-state index contributed by atoms with van der Waals surface area (Å²) >= 11 is 0. The fraction of sp³-hybridized carbons (Fsp3) is 0. The molecule has 122 valence electrons. The molecule has 5 rings (SSSR count). The van der Waals surface area contributed by atoms with E-state index in [1.54, 1.807) is 0 Å². The Balaban J connectivity index is 1.99. The molecule has 0 aliphatic heterocycles. The molecule has 0 spiro atoms. The summed E-state index contributed by atoms with van der Waals surface area (Å²) in [6.07, 6.45) is 0. The minimum Gasteiger partial charge on any atom is -0.150 e. The van der Waals surface area contributed by atoms with Gasteiger partial charge in [-0.05, 0) is 22.4 Å². The van der Waals surface area contributed by atoms with Crippen molar-refractivity contribution < 1.29 is 0 Å². The van der Waals surface area contributed by atoms with Gasteiger partial charge in [0.25, 0.3) is 0 Å². The zero-order chi connectivity index (χ0) is 17.3. The number of fused-ring (bicyclic) bond motifs is 3. The van der Waals surface area contributed by atoms with E-state index in [0.717, 1.165) is 33.3 Å². The number of rotatable bonds is 2. The SMILES string of the molecule is c1ccc(-c2nnc3ccc4ccccc4c3c2-c2ccccc2)cc1. The van der Waals surface area contributed by atoms with Gasteiger partial charge in [0, 0.05) is 16.5 Å². The monoisotopic (exact) mass is 332 g/mol. The van der Waals surface area contributed by atoms with E-state index in [2.05, 4.69) is 83.0 Å².